The summed E-state index contributed by atoms with van der Waals surface area (Å²) in [5.74, 6) is 1.39. The van der Waals surface area contributed by atoms with Gasteiger partial charge in [0.25, 0.3) is 0 Å². The van der Waals surface area contributed by atoms with E-state index in [-0.39, 0.29) is 6.61 Å². The van der Waals surface area contributed by atoms with Gasteiger partial charge in [0.1, 0.15) is 11.8 Å². The molecule has 1 rings (SSSR count). The minimum Gasteiger partial charge on any atom is -0.478 e. The van der Waals surface area contributed by atoms with E-state index >= 15 is 0 Å². The summed E-state index contributed by atoms with van der Waals surface area (Å²) in [7, 11) is 0. The van der Waals surface area contributed by atoms with Gasteiger partial charge in [0.2, 0.25) is 0 Å². The first-order chi connectivity index (χ1) is 8.15. The molecule has 0 aliphatic heterocycles. The van der Waals surface area contributed by atoms with Crippen molar-refractivity contribution in [2.45, 2.75) is 33.4 Å². The largest absolute Gasteiger partial charge is 0.478 e. The maximum Gasteiger partial charge on any atom is 0.174 e. The lowest BCUT2D eigenvalue weighted by atomic mass is 10.1. The van der Waals surface area contributed by atoms with E-state index in [4.69, 9.17) is 10.00 Å². The summed E-state index contributed by atoms with van der Waals surface area (Å²) in [6.45, 7) is 7.41. The zero-order valence-electron chi connectivity index (χ0n) is 10.7. The molecule has 0 fully saturated rings. The SMILES string of the molecule is CC(C)C(C)NCc1ccccc1OCC#N. The van der Waals surface area contributed by atoms with Crippen LogP contribution in [0.25, 0.3) is 0 Å². The van der Waals surface area contributed by atoms with Crippen LogP contribution in [-0.4, -0.2) is 12.6 Å². The lowest BCUT2D eigenvalue weighted by Gasteiger charge is -2.18. The molecule has 0 saturated carbocycles. The van der Waals surface area contributed by atoms with Crippen LogP contribution < -0.4 is 10.1 Å². The van der Waals surface area contributed by atoms with E-state index in [2.05, 4.69) is 26.1 Å². The number of nitrogens with one attached hydrogen (secondary N) is 1. The molecule has 3 heteroatoms. The third-order valence-corrected chi connectivity index (χ3v) is 2.88. The first-order valence-corrected chi connectivity index (χ1v) is 5.96. The first kappa shape index (κ1) is 13.5. The molecule has 0 aromatic heterocycles. The summed E-state index contributed by atoms with van der Waals surface area (Å²) in [5, 5.41) is 12.0. The molecule has 1 unspecified atom stereocenters. The lowest BCUT2D eigenvalue weighted by molar-refractivity contribution is 0.358. The van der Waals surface area contributed by atoms with Crippen LogP contribution >= 0.6 is 0 Å². The Hall–Kier alpha value is -1.53. The highest BCUT2D eigenvalue weighted by atomic mass is 16.5. The molecular formula is C14H20N2O. The minimum absolute atomic E-state index is 0.0940. The molecule has 0 amide bonds. The lowest BCUT2D eigenvalue weighted by Crippen LogP contribution is -2.30. The summed E-state index contributed by atoms with van der Waals surface area (Å²) in [6, 6.07) is 10.3. The summed E-state index contributed by atoms with van der Waals surface area (Å²) in [6.07, 6.45) is 0. The van der Waals surface area contributed by atoms with Crippen molar-refractivity contribution in [3.05, 3.63) is 29.8 Å². The number of rotatable bonds is 6. The average molecular weight is 232 g/mol. The summed E-state index contributed by atoms with van der Waals surface area (Å²) in [4.78, 5) is 0. The Morgan fingerprint density at radius 2 is 2.00 bits per heavy atom. The van der Waals surface area contributed by atoms with Crippen molar-refractivity contribution in [2.75, 3.05) is 6.61 Å². The zero-order chi connectivity index (χ0) is 12.7. The highest BCUT2D eigenvalue weighted by molar-refractivity contribution is 5.33. The van der Waals surface area contributed by atoms with E-state index in [1.54, 1.807) is 0 Å². The molecule has 0 heterocycles. The van der Waals surface area contributed by atoms with E-state index < -0.39 is 0 Å². The van der Waals surface area contributed by atoms with Crippen molar-refractivity contribution < 1.29 is 4.74 Å². The van der Waals surface area contributed by atoms with Crippen LogP contribution in [0.2, 0.25) is 0 Å². The van der Waals surface area contributed by atoms with Gasteiger partial charge in [0.05, 0.1) is 0 Å². The standard InChI is InChI=1S/C14H20N2O/c1-11(2)12(3)16-10-13-6-4-5-7-14(13)17-9-8-15/h4-7,11-12,16H,9-10H2,1-3H3. The van der Waals surface area contributed by atoms with Gasteiger partial charge in [0.15, 0.2) is 6.61 Å². The summed E-state index contributed by atoms with van der Waals surface area (Å²) < 4.78 is 5.38. The van der Waals surface area contributed by atoms with Gasteiger partial charge in [-0.2, -0.15) is 5.26 Å². The Bertz CT molecular complexity index is 382. The molecule has 0 aliphatic rings. The number of benzene rings is 1. The number of ether oxygens (including phenoxy) is 1. The minimum atomic E-state index is 0.0940. The Labute approximate surface area is 103 Å². The molecule has 1 atom stereocenters. The highest BCUT2D eigenvalue weighted by Crippen LogP contribution is 2.18. The van der Waals surface area contributed by atoms with Crippen molar-refractivity contribution in [3.8, 4) is 11.8 Å². The summed E-state index contributed by atoms with van der Waals surface area (Å²) in [5.41, 5.74) is 1.09. The molecule has 0 spiro atoms. The van der Waals surface area contributed by atoms with Crippen molar-refractivity contribution in [1.29, 1.82) is 5.26 Å². The van der Waals surface area contributed by atoms with Crippen LogP contribution in [0.5, 0.6) is 5.75 Å². The number of para-hydroxylation sites is 1. The van der Waals surface area contributed by atoms with Gasteiger partial charge >= 0.3 is 0 Å². The number of nitriles is 1. The van der Waals surface area contributed by atoms with E-state index in [0.717, 1.165) is 17.9 Å². The van der Waals surface area contributed by atoms with Crippen molar-refractivity contribution >= 4 is 0 Å². The van der Waals surface area contributed by atoms with E-state index in [0.29, 0.717) is 12.0 Å². The van der Waals surface area contributed by atoms with Gasteiger partial charge < -0.3 is 10.1 Å². The number of hydrogen-bond donors (Lipinski definition) is 1. The molecule has 92 valence electrons. The van der Waals surface area contributed by atoms with Gasteiger partial charge in [-0.15, -0.1) is 0 Å². The Morgan fingerprint density at radius 3 is 2.65 bits per heavy atom. The normalized spacial score (nSPS) is 12.2. The molecular weight excluding hydrogens is 212 g/mol. The van der Waals surface area contributed by atoms with E-state index in [1.807, 2.05) is 30.3 Å². The van der Waals surface area contributed by atoms with Crippen molar-refractivity contribution in [3.63, 3.8) is 0 Å². The predicted molar refractivity (Wildman–Crippen MR) is 68.7 cm³/mol. The Kier molecular flexibility index (Phi) is 5.51. The second-order valence-electron chi connectivity index (χ2n) is 4.47. The van der Waals surface area contributed by atoms with Gasteiger partial charge in [-0.3, -0.25) is 0 Å². The quantitative estimate of drug-likeness (QED) is 0.820. The molecule has 0 bridgehead atoms. The third kappa shape index (κ3) is 4.46. The maximum absolute atomic E-state index is 8.52. The molecule has 0 saturated heterocycles. The summed E-state index contributed by atoms with van der Waals surface area (Å²) >= 11 is 0. The zero-order valence-corrected chi connectivity index (χ0v) is 10.7. The number of hydrogen-bond acceptors (Lipinski definition) is 3. The van der Waals surface area contributed by atoms with Gasteiger partial charge in [-0.25, -0.2) is 0 Å². The van der Waals surface area contributed by atoms with Crippen LogP contribution in [0.3, 0.4) is 0 Å². The Morgan fingerprint density at radius 1 is 1.29 bits per heavy atom. The molecule has 1 aromatic carbocycles. The molecule has 1 N–H and O–H groups in total. The van der Waals surface area contributed by atoms with Gasteiger partial charge in [0, 0.05) is 18.2 Å². The second-order valence-corrected chi connectivity index (χ2v) is 4.47. The fraction of sp³-hybridized carbons (Fsp3) is 0.500. The van der Waals surface area contributed by atoms with E-state index in [1.165, 1.54) is 0 Å². The smallest absolute Gasteiger partial charge is 0.174 e. The van der Waals surface area contributed by atoms with Gasteiger partial charge in [-0.1, -0.05) is 32.0 Å². The fourth-order valence-corrected chi connectivity index (χ4v) is 1.41. The molecule has 0 radical (unpaired) electrons. The first-order valence-electron chi connectivity index (χ1n) is 5.96. The van der Waals surface area contributed by atoms with E-state index in [9.17, 15) is 0 Å². The Balaban J connectivity index is 2.61. The average Bonchev–Trinajstić information content (AvgIpc) is 2.34. The van der Waals surface area contributed by atoms with Crippen LogP contribution in [0.1, 0.15) is 26.3 Å². The van der Waals surface area contributed by atoms with Crippen molar-refractivity contribution in [2.24, 2.45) is 5.92 Å². The second kappa shape index (κ2) is 6.93. The van der Waals surface area contributed by atoms with Gasteiger partial charge in [-0.05, 0) is 18.9 Å². The number of nitrogens with zero attached hydrogens (tertiary/aromatic N) is 1. The molecule has 3 nitrogen and oxygen atoms in total. The molecule has 17 heavy (non-hydrogen) atoms. The van der Waals surface area contributed by atoms with Crippen molar-refractivity contribution in [1.82, 2.24) is 5.32 Å². The maximum atomic E-state index is 8.52. The van der Waals surface area contributed by atoms with Crippen LogP contribution in [0, 0.1) is 17.2 Å². The molecule has 1 aromatic rings. The van der Waals surface area contributed by atoms with Crippen LogP contribution in [-0.2, 0) is 6.54 Å². The van der Waals surface area contributed by atoms with Crippen LogP contribution in [0.15, 0.2) is 24.3 Å². The van der Waals surface area contributed by atoms with Crippen LogP contribution in [0.4, 0.5) is 0 Å². The third-order valence-electron chi connectivity index (χ3n) is 2.88. The molecule has 0 aliphatic carbocycles. The predicted octanol–water partition coefficient (Wildman–Crippen LogP) is 2.72. The topological polar surface area (TPSA) is 45.0 Å². The fourth-order valence-electron chi connectivity index (χ4n) is 1.41. The highest BCUT2D eigenvalue weighted by Gasteiger charge is 2.08. The monoisotopic (exact) mass is 232 g/mol.